The van der Waals surface area contributed by atoms with Gasteiger partial charge in [-0.25, -0.2) is 19.1 Å². The lowest BCUT2D eigenvalue weighted by Crippen LogP contribution is -2.55. The van der Waals surface area contributed by atoms with Crippen molar-refractivity contribution in [1.29, 1.82) is 0 Å². The molecule has 0 N–H and O–H groups in total. The van der Waals surface area contributed by atoms with Gasteiger partial charge in [-0.05, 0) is 58.2 Å². The molecule has 9 nitrogen and oxygen atoms in total. The predicted octanol–water partition coefficient (Wildman–Crippen LogP) is 6.08. The number of ether oxygens (including phenoxy) is 1. The maximum Gasteiger partial charge on any atom is 0.410 e. The second-order valence-corrected chi connectivity index (χ2v) is 11.9. The summed E-state index contributed by atoms with van der Waals surface area (Å²) in [5.74, 6) is 0.435. The Balaban J connectivity index is 1.89. The van der Waals surface area contributed by atoms with E-state index in [0.29, 0.717) is 47.9 Å². The monoisotopic (exact) mass is 572 g/mol. The summed E-state index contributed by atoms with van der Waals surface area (Å²) in [6.07, 6.45) is 1.34. The summed E-state index contributed by atoms with van der Waals surface area (Å²) >= 11 is 12.8. The van der Waals surface area contributed by atoms with E-state index in [9.17, 15) is 9.59 Å². The van der Waals surface area contributed by atoms with Crippen molar-refractivity contribution in [2.75, 3.05) is 24.5 Å². The van der Waals surface area contributed by atoms with E-state index in [0.717, 1.165) is 11.1 Å². The minimum Gasteiger partial charge on any atom is -0.444 e. The van der Waals surface area contributed by atoms with Crippen molar-refractivity contribution in [3.05, 3.63) is 56.8 Å². The molecular formula is C28H34Cl2N6O3. The molecule has 0 radical (unpaired) electrons. The number of halogens is 2. The van der Waals surface area contributed by atoms with E-state index >= 15 is 0 Å². The van der Waals surface area contributed by atoms with E-state index in [1.165, 1.54) is 4.57 Å². The van der Waals surface area contributed by atoms with Crippen LogP contribution in [-0.4, -0.2) is 61.8 Å². The summed E-state index contributed by atoms with van der Waals surface area (Å²) < 4.78 is 7.01. The zero-order valence-corrected chi connectivity index (χ0v) is 24.9. The largest absolute Gasteiger partial charge is 0.444 e. The molecule has 0 spiro atoms. The molecule has 0 unspecified atom stereocenters. The molecule has 3 aromatic heterocycles. The molecule has 1 aliphatic heterocycles. The van der Waals surface area contributed by atoms with Crippen LogP contribution in [0.25, 0.3) is 22.3 Å². The van der Waals surface area contributed by atoms with Crippen LogP contribution in [-0.2, 0) is 4.74 Å². The van der Waals surface area contributed by atoms with Crippen LogP contribution in [0.5, 0.6) is 0 Å². The number of rotatable bonds is 4. The van der Waals surface area contributed by atoms with Gasteiger partial charge in [0.15, 0.2) is 5.65 Å². The molecule has 1 aliphatic rings. The summed E-state index contributed by atoms with van der Waals surface area (Å²) in [5, 5.41) is 0.879. The van der Waals surface area contributed by atoms with Crippen LogP contribution in [0.1, 0.15) is 65.6 Å². The number of nitrogens with zero attached hydrogens (tertiary/aromatic N) is 6. The van der Waals surface area contributed by atoms with Gasteiger partial charge < -0.3 is 14.5 Å². The maximum atomic E-state index is 13.8. The Morgan fingerprint density at radius 2 is 1.90 bits per heavy atom. The van der Waals surface area contributed by atoms with Crippen molar-refractivity contribution >= 4 is 51.7 Å². The predicted molar refractivity (Wildman–Crippen MR) is 156 cm³/mol. The number of carbonyl (C=O) groups is 1. The highest BCUT2D eigenvalue weighted by atomic mass is 35.5. The van der Waals surface area contributed by atoms with Gasteiger partial charge >= 0.3 is 11.8 Å². The Bertz CT molecular complexity index is 1510. The lowest BCUT2D eigenvalue weighted by molar-refractivity contribution is 0.0218. The number of allylic oxidation sites excluding steroid dienone is 1. The summed E-state index contributed by atoms with van der Waals surface area (Å²) in [6, 6.07) is 3.34. The normalized spacial score (nSPS) is 16.2. The molecule has 0 aromatic carbocycles. The topological polar surface area (TPSA) is 93.5 Å². The number of fused-ring (bicyclic) bond motifs is 1. The van der Waals surface area contributed by atoms with Crippen LogP contribution in [0, 0.1) is 0 Å². The maximum absolute atomic E-state index is 13.8. The molecule has 1 fully saturated rings. The Kier molecular flexibility index (Phi) is 7.96. The number of amides is 1. The first kappa shape index (κ1) is 28.8. The fourth-order valence-electron chi connectivity index (χ4n) is 4.74. The molecule has 1 amide bonds. The minimum atomic E-state index is -0.592. The molecule has 4 heterocycles. The van der Waals surface area contributed by atoms with Crippen LogP contribution >= 0.6 is 23.2 Å². The number of anilines is 1. The van der Waals surface area contributed by atoms with Crippen LogP contribution in [0.4, 0.5) is 10.6 Å². The Labute approximate surface area is 238 Å². The summed E-state index contributed by atoms with van der Waals surface area (Å²) in [5.41, 5.74) is 2.01. The van der Waals surface area contributed by atoms with Gasteiger partial charge in [-0.1, -0.05) is 43.6 Å². The van der Waals surface area contributed by atoms with E-state index in [1.807, 2.05) is 59.4 Å². The lowest BCUT2D eigenvalue weighted by atomic mass is 10.0. The zero-order valence-electron chi connectivity index (χ0n) is 23.4. The first-order chi connectivity index (χ1) is 18.2. The third-order valence-corrected chi connectivity index (χ3v) is 7.17. The molecule has 1 atom stereocenters. The Morgan fingerprint density at radius 1 is 1.21 bits per heavy atom. The summed E-state index contributed by atoms with van der Waals surface area (Å²) in [7, 11) is 0. The highest BCUT2D eigenvalue weighted by Gasteiger charge is 2.32. The third kappa shape index (κ3) is 5.75. The SMILES string of the molecule is C=C(C)c1ccnc(C(C)C)c1-n1c(=O)nc(N2CCN(C(=O)OC(C)(C)C)C[C@@H]2C)c2cc(Cl)c(Cl)nc21. The summed E-state index contributed by atoms with van der Waals surface area (Å²) in [6.45, 7) is 18.7. The highest BCUT2D eigenvalue weighted by molar-refractivity contribution is 6.41. The van der Waals surface area contributed by atoms with Crippen molar-refractivity contribution in [2.24, 2.45) is 0 Å². The van der Waals surface area contributed by atoms with Crippen LogP contribution in [0.2, 0.25) is 10.2 Å². The Morgan fingerprint density at radius 3 is 2.49 bits per heavy atom. The van der Waals surface area contributed by atoms with E-state index in [2.05, 4.69) is 21.5 Å². The lowest BCUT2D eigenvalue weighted by Gasteiger charge is -2.41. The van der Waals surface area contributed by atoms with Crippen molar-refractivity contribution in [3.8, 4) is 5.69 Å². The van der Waals surface area contributed by atoms with Crippen LogP contribution in [0.15, 0.2) is 29.7 Å². The van der Waals surface area contributed by atoms with Gasteiger partial charge in [-0.2, -0.15) is 4.98 Å². The molecule has 4 rings (SSSR count). The first-order valence-corrected chi connectivity index (χ1v) is 13.6. The van der Waals surface area contributed by atoms with Crippen molar-refractivity contribution < 1.29 is 9.53 Å². The molecule has 0 saturated carbocycles. The molecule has 11 heteroatoms. The van der Waals surface area contributed by atoms with Crippen LogP contribution < -0.4 is 10.6 Å². The quantitative estimate of drug-likeness (QED) is 0.349. The number of carbonyl (C=O) groups excluding carboxylic acids is 1. The minimum absolute atomic E-state index is 0.00431. The van der Waals surface area contributed by atoms with Gasteiger partial charge in [0, 0.05) is 37.4 Å². The molecule has 0 bridgehead atoms. The average Bonchev–Trinajstić information content (AvgIpc) is 2.83. The van der Waals surface area contributed by atoms with Gasteiger partial charge in [-0.15, -0.1) is 0 Å². The fourth-order valence-corrected chi connectivity index (χ4v) is 5.03. The number of pyridine rings is 2. The van der Waals surface area contributed by atoms with E-state index in [1.54, 1.807) is 17.2 Å². The molecule has 0 aliphatic carbocycles. The van der Waals surface area contributed by atoms with Crippen molar-refractivity contribution in [2.45, 2.75) is 66.0 Å². The zero-order chi connectivity index (χ0) is 28.8. The van der Waals surface area contributed by atoms with Gasteiger partial charge in [0.2, 0.25) is 0 Å². The molecule has 1 saturated heterocycles. The number of piperazine rings is 1. The summed E-state index contributed by atoms with van der Waals surface area (Å²) in [4.78, 5) is 43.9. The van der Waals surface area contributed by atoms with Crippen LogP contribution in [0.3, 0.4) is 0 Å². The second-order valence-electron chi connectivity index (χ2n) is 11.2. The smallest absolute Gasteiger partial charge is 0.410 e. The average molecular weight is 574 g/mol. The first-order valence-electron chi connectivity index (χ1n) is 12.9. The number of aromatic nitrogens is 4. The molecule has 39 heavy (non-hydrogen) atoms. The van der Waals surface area contributed by atoms with Gasteiger partial charge in [0.25, 0.3) is 0 Å². The van der Waals surface area contributed by atoms with Gasteiger partial charge in [-0.3, -0.25) is 4.98 Å². The highest BCUT2D eigenvalue weighted by Crippen LogP contribution is 2.35. The second kappa shape index (κ2) is 10.8. The van der Waals surface area contributed by atoms with E-state index in [-0.39, 0.29) is 28.2 Å². The van der Waals surface area contributed by atoms with Crippen molar-refractivity contribution in [3.63, 3.8) is 0 Å². The van der Waals surface area contributed by atoms with Gasteiger partial charge in [0.05, 0.1) is 21.8 Å². The van der Waals surface area contributed by atoms with E-state index in [4.69, 9.17) is 27.9 Å². The standard InChI is InChI=1S/C28H34Cl2N6O3/c1-15(2)18-9-10-31-21(16(3)4)22(18)36-25-19(13-20(29)23(30)32-25)24(33-26(36)37)35-12-11-34(14-17(35)5)27(38)39-28(6,7)8/h9-10,13,16-17H,1,11-12,14H2,2-8H3/t17-/m0/s1. The number of hydrogen-bond donors (Lipinski definition) is 0. The van der Waals surface area contributed by atoms with E-state index < -0.39 is 11.3 Å². The van der Waals surface area contributed by atoms with Crippen molar-refractivity contribution in [1.82, 2.24) is 24.4 Å². The molecule has 208 valence electrons. The van der Waals surface area contributed by atoms with Gasteiger partial charge in [0.1, 0.15) is 16.6 Å². The third-order valence-electron chi connectivity index (χ3n) is 6.49. The molecular weight excluding hydrogens is 539 g/mol. The Hall–Kier alpha value is -3.17. The number of hydrogen-bond acceptors (Lipinski definition) is 7. The fraction of sp³-hybridized carbons (Fsp3) is 0.464. The molecule has 3 aromatic rings.